The summed E-state index contributed by atoms with van der Waals surface area (Å²) in [5.74, 6) is 1.87. The van der Waals surface area contributed by atoms with E-state index in [1.807, 2.05) is 24.3 Å². The highest BCUT2D eigenvalue weighted by molar-refractivity contribution is 8.02. The Balaban J connectivity index is 1.89. The fraction of sp³-hybridized carbons (Fsp3) is 0.357. The molecule has 0 spiro atoms. The van der Waals surface area contributed by atoms with Gasteiger partial charge in [-0.1, -0.05) is 66.4 Å². The van der Waals surface area contributed by atoms with Gasteiger partial charge in [-0.2, -0.15) is 5.26 Å². The molecule has 104 valence electrons. The average molecular weight is 321 g/mol. The molecule has 0 saturated carbocycles. The highest BCUT2D eigenvalue weighted by Gasteiger charge is 2.07. The maximum Gasteiger partial charge on any atom is 0.175 e. The van der Waals surface area contributed by atoms with Gasteiger partial charge in [-0.05, 0) is 18.1 Å². The van der Waals surface area contributed by atoms with Gasteiger partial charge >= 0.3 is 0 Å². The van der Waals surface area contributed by atoms with E-state index in [2.05, 4.69) is 23.2 Å². The smallest absolute Gasteiger partial charge is 0.175 e. The monoisotopic (exact) mass is 321 g/mol. The summed E-state index contributed by atoms with van der Waals surface area (Å²) in [5.41, 5.74) is 1.79. The van der Waals surface area contributed by atoms with E-state index in [0.717, 1.165) is 31.3 Å². The lowest BCUT2D eigenvalue weighted by Crippen LogP contribution is -1.86. The van der Waals surface area contributed by atoms with Gasteiger partial charge in [0, 0.05) is 11.5 Å². The number of unbranched alkanes of at least 4 members (excludes halogenated alkanes) is 1. The summed E-state index contributed by atoms with van der Waals surface area (Å²) in [6.45, 7) is 2.19. The molecule has 0 N–H and O–H groups in total. The first-order valence-corrected chi connectivity index (χ1v) is 9.19. The van der Waals surface area contributed by atoms with Crippen LogP contribution in [-0.2, 0) is 5.75 Å². The van der Waals surface area contributed by atoms with Crippen molar-refractivity contribution in [3.05, 3.63) is 35.4 Å². The van der Waals surface area contributed by atoms with Crippen molar-refractivity contribution in [2.75, 3.05) is 5.75 Å². The number of aromatic nitrogens is 2. The number of hydrogen-bond donors (Lipinski definition) is 0. The first-order chi connectivity index (χ1) is 9.83. The fourth-order valence-corrected chi connectivity index (χ4v) is 4.69. The second-order valence-electron chi connectivity index (χ2n) is 4.09. The quantitative estimate of drug-likeness (QED) is 0.551. The number of nitrogens with zero attached hydrogens (tertiary/aromatic N) is 3. The van der Waals surface area contributed by atoms with Crippen LogP contribution in [0.1, 0.15) is 30.9 Å². The fourth-order valence-electron chi connectivity index (χ4n) is 1.51. The summed E-state index contributed by atoms with van der Waals surface area (Å²) in [7, 11) is 0. The predicted molar refractivity (Wildman–Crippen MR) is 86.3 cm³/mol. The van der Waals surface area contributed by atoms with Crippen LogP contribution in [-0.4, -0.2) is 16.0 Å². The van der Waals surface area contributed by atoms with Gasteiger partial charge < -0.3 is 0 Å². The molecule has 0 fully saturated rings. The maximum atomic E-state index is 9.05. The summed E-state index contributed by atoms with van der Waals surface area (Å²) in [6, 6.07) is 9.91. The second-order valence-corrected chi connectivity index (χ2v) is 7.64. The van der Waals surface area contributed by atoms with E-state index < -0.39 is 0 Å². The molecule has 0 aliphatic heterocycles. The van der Waals surface area contributed by atoms with Crippen molar-refractivity contribution in [3.8, 4) is 6.07 Å². The molecule has 1 heterocycles. The molecule has 0 bridgehead atoms. The minimum absolute atomic E-state index is 0.738. The molecule has 1 aromatic heterocycles. The van der Waals surface area contributed by atoms with Crippen molar-refractivity contribution in [1.29, 1.82) is 5.26 Å². The van der Waals surface area contributed by atoms with E-state index >= 15 is 0 Å². The van der Waals surface area contributed by atoms with Crippen LogP contribution in [0.25, 0.3) is 0 Å². The Morgan fingerprint density at radius 2 is 1.95 bits per heavy atom. The first-order valence-electron chi connectivity index (χ1n) is 6.40. The van der Waals surface area contributed by atoms with Gasteiger partial charge in [0.2, 0.25) is 0 Å². The van der Waals surface area contributed by atoms with Crippen molar-refractivity contribution in [3.63, 3.8) is 0 Å². The Labute approximate surface area is 131 Å². The van der Waals surface area contributed by atoms with Crippen molar-refractivity contribution >= 4 is 34.9 Å². The van der Waals surface area contributed by atoms with E-state index in [4.69, 9.17) is 5.26 Å². The zero-order chi connectivity index (χ0) is 14.2. The number of nitriles is 1. The van der Waals surface area contributed by atoms with Crippen LogP contribution in [0.15, 0.2) is 32.9 Å². The topological polar surface area (TPSA) is 49.6 Å². The Morgan fingerprint density at radius 1 is 1.20 bits per heavy atom. The van der Waals surface area contributed by atoms with Crippen LogP contribution in [0.2, 0.25) is 0 Å². The van der Waals surface area contributed by atoms with E-state index in [0.29, 0.717) is 0 Å². The standard InChI is InChI=1S/C14H15N3S3/c1-2-3-8-18-13-16-17-14(20-13)19-10-12-7-5-4-6-11(12)9-15/h4-7H,2-3,8,10H2,1H3. The van der Waals surface area contributed by atoms with Gasteiger partial charge in [0.05, 0.1) is 11.6 Å². The molecule has 0 aliphatic rings. The summed E-state index contributed by atoms with van der Waals surface area (Å²) in [5, 5.41) is 17.4. The Hall–Kier alpha value is -1.03. The second kappa shape index (κ2) is 8.30. The van der Waals surface area contributed by atoms with Crippen LogP contribution < -0.4 is 0 Å². The molecule has 2 aromatic rings. The van der Waals surface area contributed by atoms with Crippen LogP contribution in [0.4, 0.5) is 0 Å². The largest absolute Gasteiger partial charge is 0.192 e. The third-order valence-corrected chi connectivity index (χ3v) is 5.93. The SMILES string of the molecule is CCCCSc1nnc(SCc2ccccc2C#N)s1. The number of hydrogen-bond acceptors (Lipinski definition) is 6. The Kier molecular flexibility index (Phi) is 6.37. The summed E-state index contributed by atoms with van der Waals surface area (Å²) in [4.78, 5) is 0. The van der Waals surface area contributed by atoms with Crippen LogP contribution in [0.5, 0.6) is 0 Å². The number of benzene rings is 1. The van der Waals surface area contributed by atoms with Crippen LogP contribution in [0, 0.1) is 11.3 Å². The van der Waals surface area contributed by atoms with E-state index in [-0.39, 0.29) is 0 Å². The lowest BCUT2D eigenvalue weighted by atomic mass is 10.1. The molecule has 0 aliphatic carbocycles. The molecule has 3 nitrogen and oxygen atoms in total. The average Bonchev–Trinajstić information content (AvgIpc) is 2.93. The first kappa shape index (κ1) is 15.4. The zero-order valence-corrected chi connectivity index (χ0v) is 13.7. The van der Waals surface area contributed by atoms with Crippen LogP contribution >= 0.6 is 34.9 Å². The van der Waals surface area contributed by atoms with Gasteiger partial charge in [0.1, 0.15) is 0 Å². The molecule has 0 atom stereocenters. The van der Waals surface area contributed by atoms with Gasteiger partial charge in [0.15, 0.2) is 8.68 Å². The molecule has 2 rings (SSSR count). The van der Waals surface area contributed by atoms with Gasteiger partial charge in [-0.15, -0.1) is 10.2 Å². The minimum Gasteiger partial charge on any atom is -0.192 e. The van der Waals surface area contributed by atoms with Crippen molar-refractivity contribution in [2.24, 2.45) is 0 Å². The van der Waals surface area contributed by atoms with Crippen molar-refractivity contribution < 1.29 is 0 Å². The summed E-state index contributed by atoms with van der Waals surface area (Å²) in [6.07, 6.45) is 2.42. The molecule has 20 heavy (non-hydrogen) atoms. The lowest BCUT2D eigenvalue weighted by Gasteiger charge is -2.00. The van der Waals surface area contributed by atoms with E-state index in [9.17, 15) is 0 Å². The summed E-state index contributed by atoms with van der Waals surface area (Å²) >= 11 is 5.05. The molecule has 0 saturated heterocycles. The molecule has 0 radical (unpaired) electrons. The minimum atomic E-state index is 0.738. The lowest BCUT2D eigenvalue weighted by molar-refractivity contribution is 0.892. The molecule has 6 heteroatoms. The molecular weight excluding hydrogens is 306 g/mol. The van der Waals surface area contributed by atoms with E-state index in [1.54, 1.807) is 34.9 Å². The van der Waals surface area contributed by atoms with Crippen LogP contribution in [0.3, 0.4) is 0 Å². The van der Waals surface area contributed by atoms with Crippen molar-refractivity contribution in [2.45, 2.75) is 34.2 Å². The Morgan fingerprint density at radius 3 is 2.70 bits per heavy atom. The molecular formula is C14H15N3S3. The third kappa shape index (κ3) is 4.51. The van der Waals surface area contributed by atoms with Crippen molar-refractivity contribution in [1.82, 2.24) is 10.2 Å². The number of rotatable bonds is 7. The zero-order valence-electron chi connectivity index (χ0n) is 11.2. The van der Waals surface area contributed by atoms with Gasteiger partial charge in [-0.25, -0.2) is 0 Å². The molecule has 0 unspecified atom stereocenters. The van der Waals surface area contributed by atoms with Gasteiger partial charge in [0.25, 0.3) is 0 Å². The summed E-state index contributed by atoms with van der Waals surface area (Å²) < 4.78 is 2.01. The highest BCUT2D eigenvalue weighted by atomic mass is 32.2. The van der Waals surface area contributed by atoms with Gasteiger partial charge in [-0.3, -0.25) is 0 Å². The predicted octanol–water partition coefficient (Wildman–Crippen LogP) is 4.59. The third-order valence-electron chi connectivity index (χ3n) is 2.60. The molecule has 1 aromatic carbocycles. The Bertz CT molecular complexity index is 589. The normalized spacial score (nSPS) is 10.4. The molecule has 0 amide bonds. The maximum absolute atomic E-state index is 9.05. The number of thioether (sulfide) groups is 2. The highest BCUT2D eigenvalue weighted by Crippen LogP contribution is 2.31. The van der Waals surface area contributed by atoms with E-state index in [1.165, 1.54) is 12.8 Å².